The van der Waals surface area contributed by atoms with E-state index in [1.54, 1.807) is 0 Å². The summed E-state index contributed by atoms with van der Waals surface area (Å²) >= 11 is 5.89. The minimum absolute atomic E-state index is 0.0190. The SMILES string of the molecule is Cc1cccc(CC(C)C(=O)Nc2cc(Cl)ccc2C(=O)O)c1. The van der Waals surface area contributed by atoms with Crippen LogP contribution in [0, 0.1) is 12.8 Å². The van der Waals surface area contributed by atoms with Crippen LogP contribution in [0.5, 0.6) is 0 Å². The Morgan fingerprint density at radius 2 is 1.96 bits per heavy atom. The van der Waals surface area contributed by atoms with Gasteiger partial charge in [-0.15, -0.1) is 0 Å². The highest BCUT2D eigenvalue weighted by Gasteiger charge is 2.17. The van der Waals surface area contributed by atoms with Crippen molar-refractivity contribution < 1.29 is 14.7 Å². The molecule has 1 amide bonds. The van der Waals surface area contributed by atoms with E-state index in [0.29, 0.717) is 11.4 Å². The lowest BCUT2D eigenvalue weighted by Gasteiger charge is -2.14. The topological polar surface area (TPSA) is 66.4 Å². The zero-order valence-corrected chi connectivity index (χ0v) is 13.7. The number of halogens is 1. The fourth-order valence-electron chi connectivity index (χ4n) is 2.35. The molecule has 0 spiro atoms. The Morgan fingerprint density at radius 3 is 2.61 bits per heavy atom. The lowest BCUT2D eigenvalue weighted by molar-refractivity contribution is -0.119. The Hall–Kier alpha value is -2.33. The van der Waals surface area contributed by atoms with Crippen molar-refractivity contribution in [2.75, 3.05) is 5.32 Å². The number of carbonyl (C=O) groups excluding carboxylic acids is 1. The van der Waals surface area contributed by atoms with Crippen LogP contribution in [0.3, 0.4) is 0 Å². The molecular weight excluding hydrogens is 314 g/mol. The lowest BCUT2D eigenvalue weighted by Crippen LogP contribution is -2.23. The molecule has 5 heteroatoms. The van der Waals surface area contributed by atoms with E-state index in [0.717, 1.165) is 11.1 Å². The highest BCUT2D eigenvalue weighted by atomic mass is 35.5. The maximum Gasteiger partial charge on any atom is 0.337 e. The highest BCUT2D eigenvalue weighted by Crippen LogP contribution is 2.22. The largest absolute Gasteiger partial charge is 0.478 e. The molecule has 0 heterocycles. The molecule has 0 bridgehead atoms. The first kappa shape index (κ1) is 17.0. The van der Waals surface area contributed by atoms with E-state index in [1.807, 2.05) is 38.1 Å². The van der Waals surface area contributed by atoms with Gasteiger partial charge in [0.05, 0.1) is 11.3 Å². The summed E-state index contributed by atoms with van der Waals surface area (Å²) in [7, 11) is 0. The van der Waals surface area contributed by atoms with Crippen LogP contribution in [0.15, 0.2) is 42.5 Å². The number of hydrogen-bond donors (Lipinski definition) is 2. The van der Waals surface area contributed by atoms with Gasteiger partial charge < -0.3 is 10.4 Å². The summed E-state index contributed by atoms with van der Waals surface area (Å²) in [6.07, 6.45) is 0.580. The third kappa shape index (κ3) is 4.57. The van der Waals surface area contributed by atoms with Gasteiger partial charge in [-0.05, 0) is 37.1 Å². The van der Waals surface area contributed by atoms with Gasteiger partial charge in [0.2, 0.25) is 5.91 Å². The fraction of sp³-hybridized carbons (Fsp3) is 0.222. The molecule has 0 aliphatic heterocycles. The number of carbonyl (C=O) groups is 2. The van der Waals surface area contributed by atoms with Crippen molar-refractivity contribution in [3.8, 4) is 0 Å². The fourth-order valence-corrected chi connectivity index (χ4v) is 2.52. The second-order valence-electron chi connectivity index (χ2n) is 5.58. The average molecular weight is 332 g/mol. The summed E-state index contributed by atoms with van der Waals surface area (Å²) in [6.45, 7) is 3.81. The number of aryl methyl sites for hydroxylation is 1. The Bertz CT molecular complexity index is 743. The Labute approximate surface area is 140 Å². The molecule has 2 rings (SSSR count). The van der Waals surface area contributed by atoms with Crippen LogP contribution in [-0.4, -0.2) is 17.0 Å². The molecule has 23 heavy (non-hydrogen) atoms. The van der Waals surface area contributed by atoms with E-state index < -0.39 is 5.97 Å². The molecule has 0 aromatic heterocycles. The van der Waals surface area contributed by atoms with E-state index in [4.69, 9.17) is 11.6 Å². The molecule has 2 N–H and O–H groups in total. The van der Waals surface area contributed by atoms with Crippen molar-refractivity contribution >= 4 is 29.2 Å². The maximum absolute atomic E-state index is 12.3. The summed E-state index contributed by atoms with van der Waals surface area (Å²) in [4.78, 5) is 23.6. The van der Waals surface area contributed by atoms with Crippen molar-refractivity contribution in [2.45, 2.75) is 20.3 Å². The number of anilines is 1. The van der Waals surface area contributed by atoms with Gasteiger partial charge in [-0.2, -0.15) is 0 Å². The summed E-state index contributed by atoms with van der Waals surface area (Å²) < 4.78 is 0. The second-order valence-corrected chi connectivity index (χ2v) is 6.01. The number of aromatic carboxylic acids is 1. The summed E-state index contributed by atoms with van der Waals surface area (Å²) in [6, 6.07) is 12.3. The quantitative estimate of drug-likeness (QED) is 0.864. The van der Waals surface area contributed by atoms with Crippen LogP contribution < -0.4 is 5.32 Å². The van der Waals surface area contributed by atoms with Crippen LogP contribution in [0.25, 0.3) is 0 Å². The zero-order chi connectivity index (χ0) is 17.0. The maximum atomic E-state index is 12.3. The standard InChI is InChI=1S/C18H18ClNO3/c1-11-4-3-5-13(8-11)9-12(2)17(21)20-16-10-14(19)6-7-15(16)18(22)23/h3-8,10,12H,9H2,1-2H3,(H,20,21)(H,22,23). The summed E-state index contributed by atoms with van der Waals surface area (Å²) in [5, 5.41) is 12.2. The highest BCUT2D eigenvalue weighted by molar-refractivity contribution is 6.31. The van der Waals surface area contributed by atoms with Gasteiger partial charge >= 0.3 is 5.97 Å². The van der Waals surface area contributed by atoms with E-state index in [9.17, 15) is 14.7 Å². The minimum atomic E-state index is -1.11. The van der Waals surface area contributed by atoms with Gasteiger partial charge in [0.15, 0.2) is 0 Å². The second kappa shape index (κ2) is 7.29. The van der Waals surface area contributed by atoms with Crippen LogP contribution in [0.4, 0.5) is 5.69 Å². The first-order chi connectivity index (χ1) is 10.9. The predicted molar refractivity (Wildman–Crippen MR) is 91.1 cm³/mol. The number of hydrogen-bond acceptors (Lipinski definition) is 2. The molecule has 1 unspecified atom stereocenters. The van der Waals surface area contributed by atoms with E-state index >= 15 is 0 Å². The first-order valence-electron chi connectivity index (χ1n) is 7.26. The average Bonchev–Trinajstić information content (AvgIpc) is 2.46. The molecule has 4 nitrogen and oxygen atoms in total. The third-order valence-corrected chi connectivity index (χ3v) is 3.78. The molecule has 1 atom stereocenters. The Balaban J connectivity index is 2.12. The van der Waals surface area contributed by atoms with Gasteiger partial charge in [0.1, 0.15) is 0 Å². The van der Waals surface area contributed by atoms with Crippen molar-refractivity contribution in [1.82, 2.24) is 0 Å². The van der Waals surface area contributed by atoms with Crippen molar-refractivity contribution in [3.05, 3.63) is 64.2 Å². The molecule has 0 saturated heterocycles. The Morgan fingerprint density at radius 1 is 1.22 bits per heavy atom. The van der Waals surface area contributed by atoms with Crippen molar-refractivity contribution in [3.63, 3.8) is 0 Å². The smallest absolute Gasteiger partial charge is 0.337 e. The van der Waals surface area contributed by atoms with Crippen molar-refractivity contribution in [2.24, 2.45) is 5.92 Å². The number of rotatable bonds is 5. The van der Waals surface area contributed by atoms with Crippen LogP contribution >= 0.6 is 11.6 Å². The van der Waals surface area contributed by atoms with Gasteiger partial charge in [0.25, 0.3) is 0 Å². The summed E-state index contributed by atoms with van der Waals surface area (Å²) in [5.41, 5.74) is 2.44. The number of benzene rings is 2. The van der Waals surface area contributed by atoms with Crippen LogP contribution in [-0.2, 0) is 11.2 Å². The van der Waals surface area contributed by atoms with Gasteiger partial charge in [0, 0.05) is 10.9 Å². The summed E-state index contributed by atoms with van der Waals surface area (Å²) in [5.74, 6) is -1.64. The van der Waals surface area contributed by atoms with E-state index in [-0.39, 0.29) is 23.1 Å². The monoisotopic (exact) mass is 331 g/mol. The number of amides is 1. The molecule has 2 aromatic carbocycles. The van der Waals surface area contributed by atoms with Gasteiger partial charge in [-0.1, -0.05) is 48.4 Å². The Kier molecular flexibility index (Phi) is 5.40. The van der Waals surface area contributed by atoms with Gasteiger partial charge in [-0.3, -0.25) is 4.79 Å². The first-order valence-corrected chi connectivity index (χ1v) is 7.64. The molecule has 0 fully saturated rings. The normalized spacial score (nSPS) is 11.8. The predicted octanol–water partition coefficient (Wildman–Crippen LogP) is 4.16. The molecule has 0 aliphatic carbocycles. The van der Waals surface area contributed by atoms with Gasteiger partial charge in [-0.25, -0.2) is 4.79 Å². The number of carboxylic acids is 1. The molecule has 120 valence electrons. The number of carboxylic acid groups (broad SMARTS) is 1. The molecule has 0 saturated carbocycles. The molecule has 2 aromatic rings. The molecule has 0 radical (unpaired) electrons. The lowest BCUT2D eigenvalue weighted by atomic mass is 9.99. The van der Waals surface area contributed by atoms with E-state index in [1.165, 1.54) is 18.2 Å². The zero-order valence-electron chi connectivity index (χ0n) is 13.0. The van der Waals surface area contributed by atoms with Crippen LogP contribution in [0.2, 0.25) is 5.02 Å². The van der Waals surface area contributed by atoms with Crippen LogP contribution in [0.1, 0.15) is 28.4 Å². The van der Waals surface area contributed by atoms with E-state index in [2.05, 4.69) is 5.32 Å². The molecular formula is C18H18ClNO3. The third-order valence-electron chi connectivity index (χ3n) is 3.54. The van der Waals surface area contributed by atoms with Crippen molar-refractivity contribution in [1.29, 1.82) is 0 Å². The molecule has 0 aliphatic rings. The number of nitrogens with one attached hydrogen (secondary N) is 1. The minimum Gasteiger partial charge on any atom is -0.478 e.